The highest BCUT2D eigenvalue weighted by Gasteiger charge is 2.03. The van der Waals surface area contributed by atoms with E-state index in [2.05, 4.69) is 33.9 Å². The van der Waals surface area contributed by atoms with Gasteiger partial charge in [0, 0.05) is 6.07 Å². The fourth-order valence-electron chi connectivity index (χ4n) is 0.942. The van der Waals surface area contributed by atoms with Crippen molar-refractivity contribution in [3.05, 3.63) is 42.3 Å². The summed E-state index contributed by atoms with van der Waals surface area (Å²) in [4.78, 5) is 0. The zero-order valence-corrected chi connectivity index (χ0v) is 6.82. The second-order valence-corrected chi connectivity index (χ2v) is 2.70. The number of benzene rings is 1. The molecule has 0 amide bonds. The van der Waals surface area contributed by atoms with Crippen molar-refractivity contribution >= 4 is 0 Å². The molecular formula is C10H9NO. The summed E-state index contributed by atoms with van der Waals surface area (Å²) >= 11 is 0. The fraction of sp³-hybridized carbons (Fsp3) is 0.100. The van der Waals surface area contributed by atoms with Gasteiger partial charge in [-0.15, -0.1) is 0 Å². The van der Waals surface area contributed by atoms with Gasteiger partial charge in [0.1, 0.15) is 5.76 Å². The molecule has 0 fully saturated rings. The minimum atomic E-state index is 0.856. The van der Waals surface area contributed by atoms with Crippen LogP contribution >= 0.6 is 0 Å². The maximum Gasteiger partial charge on any atom is 0.133 e. The van der Waals surface area contributed by atoms with E-state index in [1.807, 2.05) is 6.92 Å². The number of nitrogens with zero attached hydrogens (tertiary/aromatic N) is 1. The van der Waals surface area contributed by atoms with E-state index in [1.165, 1.54) is 11.1 Å². The lowest BCUT2D eigenvalue weighted by atomic mass is 9.95. The highest BCUT2D eigenvalue weighted by Crippen LogP contribution is 2.29. The number of aromatic nitrogens is 1. The van der Waals surface area contributed by atoms with E-state index in [4.69, 9.17) is 0 Å². The topological polar surface area (TPSA) is 26.0 Å². The van der Waals surface area contributed by atoms with Gasteiger partial charge in [0.25, 0.3) is 0 Å². The first-order valence-electron chi connectivity index (χ1n) is 3.84. The molecule has 2 aliphatic carbocycles. The Morgan fingerprint density at radius 2 is 1.58 bits per heavy atom. The molecule has 0 saturated carbocycles. The van der Waals surface area contributed by atoms with Crippen molar-refractivity contribution in [1.82, 2.24) is 5.16 Å². The molecule has 0 aromatic carbocycles. The minimum Gasteiger partial charge on any atom is -0.362 e. The summed E-state index contributed by atoms with van der Waals surface area (Å²) in [7, 11) is 0. The summed E-state index contributed by atoms with van der Waals surface area (Å²) in [6, 6.07) is 10.3. The smallest absolute Gasteiger partial charge is 0.133 e. The summed E-state index contributed by atoms with van der Waals surface area (Å²) in [5, 5.41) is 3.45. The van der Waals surface area contributed by atoms with Gasteiger partial charge >= 0.3 is 0 Å². The second-order valence-electron chi connectivity index (χ2n) is 2.70. The molecule has 2 aliphatic rings. The highest BCUT2D eigenvalue weighted by atomic mass is 16.5. The van der Waals surface area contributed by atoms with E-state index in [0.717, 1.165) is 5.76 Å². The van der Waals surface area contributed by atoms with E-state index >= 15 is 0 Å². The van der Waals surface area contributed by atoms with Crippen LogP contribution < -0.4 is 0 Å². The first-order chi connectivity index (χ1) is 5.86. The van der Waals surface area contributed by atoms with Crippen molar-refractivity contribution in [2.75, 3.05) is 0 Å². The van der Waals surface area contributed by atoms with Gasteiger partial charge in [0.2, 0.25) is 0 Å². The molecule has 1 aromatic rings. The Morgan fingerprint density at radius 1 is 1.00 bits per heavy atom. The summed E-state index contributed by atoms with van der Waals surface area (Å²) < 4.78 is 4.58. The van der Waals surface area contributed by atoms with Crippen LogP contribution in [0.4, 0.5) is 0 Å². The van der Waals surface area contributed by atoms with E-state index in [9.17, 15) is 0 Å². The third-order valence-electron chi connectivity index (χ3n) is 1.79. The maximum atomic E-state index is 4.58. The molecule has 0 spiro atoms. The molecule has 2 heteroatoms. The van der Waals surface area contributed by atoms with Crippen LogP contribution in [-0.4, -0.2) is 5.16 Å². The number of aryl methyl sites for hydroxylation is 1. The summed E-state index contributed by atoms with van der Waals surface area (Å²) in [5.74, 6) is 0.856. The zero-order valence-electron chi connectivity index (χ0n) is 6.82. The second kappa shape index (κ2) is 2.81. The molecule has 0 saturated heterocycles. The van der Waals surface area contributed by atoms with Crippen LogP contribution in [-0.2, 0) is 0 Å². The van der Waals surface area contributed by atoms with Crippen molar-refractivity contribution in [1.29, 1.82) is 0 Å². The summed E-state index contributed by atoms with van der Waals surface area (Å²) in [6.45, 7) is 1.85. The molecular weight excluding hydrogens is 150 g/mol. The van der Waals surface area contributed by atoms with Crippen LogP contribution in [0.2, 0.25) is 0 Å². The lowest BCUT2D eigenvalue weighted by molar-refractivity contribution is 0.397. The number of fused-ring (bicyclic) bond motifs is 1. The Kier molecular flexibility index (Phi) is 1.67. The maximum absolute atomic E-state index is 4.58. The first kappa shape index (κ1) is 7.10. The number of hydrogen-bond acceptors (Lipinski definition) is 2. The molecule has 0 atom stereocenters. The van der Waals surface area contributed by atoms with Crippen LogP contribution in [0.25, 0.3) is 11.1 Å². The molecule has 2 nitrogen and oxygen atoms in total. The number of rotatable bonds is 0. The average Bonchev–Trinajstić information content (AvgIpc) is 2.49. The zero-order chi connectivity index (χ0) is 8.39. The highest BCUT2D eigenvalue weighted by molar-refractivity contribution is 5.75. The third kappa shape index (κ3) is 1.23. The minimum absolute atomic E-state index is 0.856. The van der Waals surface area contributed by atoms with E-state index < -0.39 is 0 Å². The Balaban J connectivity index is 0.0000000939. The van der Waals surface area contributed by atoms with Gasteiger partial charge in [-0.25, -0.2) is 0 Å². The molecule has 60 valence electrons. The van der Waals surface area contributed by atoms with Gasteiger partial charge in [-0.05, 0) is 18.1 Å². The first-order valence-corrected chi connectivity index (χ1v) is 3.84. The van der Waals surface area contributed by atoms with Gasteiger partial charge in [-0.2, -0.15) is 0 Å². The average molecular weight is 159 g/mol. The molecule has 0 N–H and O–H groups in total. The van der Waals surface area contributed by atoms with Gasteiger partial charge in [-0.3, -0.25) is 0 Å². The van der Waals surface area contributed by atoms with Gasteiger partial charge < -0.3 is 4.52 Å². The van der Waals surface area contributed by atoms with Crippen molar-refractivity contribution in [3.63, 3.8) is 0 Å². The van der Waals surface area contributed by atoms with E-state index in [0.29, 0.717) is 0 Å². The van der Waals surface area contributed by atoms with Crippen LogP contribution in [0, 0.1) is 6.92 Å². The lowest BCUT2D eigenvalue weighted by Crippen LogP contribution is -1.85. The quantitative estimate of drug-likeness (QED) is 0.504. The van der Waals surface area contributed by atoms with Crippen molar-refractivity contribution in [3.8, 4) is 11.1 Å². The van der Waals surface area contributed by atoms with Gasteiger partial charge in [0.05, 0.1) is 6.20 Å². The largest absolute Gasteiger partial charge is 0.362 e. The fourth-order valence-corrected chi connectivity index (χ4v) is 0.942. The molecule has 1 aromatic heterocycles. The molecule has 0 radical (unpaired) electrons. The monoisotopic (exact) mass is 159 g/mol. The Morgan fingerprint density at radius 3 is 1.67 bits per heavy atom. The summed E-state index contributed by atoms with van der Waals surface area (Å²) in [6.07, 6.45) is 1.62. The van der Waals surface area contributed by atoms with E-state index in [1.54, 1.807) is 12.3 Å². The molecule has 12 heavy (non-hydrogen) atoms. The number of hydrogen-bond donors (Lipinski definition) is 0. The lowest BCUT2D eigenvalue weighted by Gasteiger charge is -2.10. The van der Waals surface area contributed by atoms with Gasteiger partial charge in [0.15, 0.2) is 0 Å². The van der Waals surface area contributed by atoms with Gasteiger partial charge in [-0.1, -0.05) is 29.4 Å². The van der Waals surface area contributed by atoms with Crippen LogP contribution in [0.15, 0.2) is 41.1 Å². The normalized spacial score (nSPS) is 10.1. The SMILES string of the molecule is Cc1ccno1.c1cc2ccc1-2. The van der Waals surface area contributed by atoms with Crippen molar-refractivity contribution in [2.24, 2.45) is 0 Å². The van der Waals surface area contributed by atoms with E-state index in [-0.39, 0.29) is 0 Å². The van der Waals surface area contributed by atoms with Crippen molar-refractivity contribution in [2.45, 2.75) is 6.92 Å². The van der Waals surface area contributed by atoms with Crippen molar-refractivity contribution < 1.29 is 4.52 Å². The predicted molar refractivity (Wildman–Crippen MR) is 46.7 cm³/mol. The third-order valence-corrected chi connectivity index (χ3v) is 1.79. The van der Waals surface area contributed by atoms with Crippen LogP contribution in [0.5, 0.6) is 0 Å². The molecule has 0 aliphatic heterocycles. The van der Waals surface area contributed by atoms with Crippen LogP contribution in [0.1, 0.15) is 5.76 Å². The summed E-state index contributed by atoms with van der Waals surface area (Å²) in [5.41, 5.74) is 2.85. The standard InChI is InChI=1S/C6H4.C4H5NO/c1-2-6-4-3-5(1)6;1-4-2-3-5-6-4/h1-4H;2-3H,1H3. The Bertz CT molecular complexity index is 327. The molecule has 1 heterocycles. The van der Waals surface area contributed by atoms with Crippen LogP contribution in [0.3, 0.4) is 0 Å². The molecule has 3 rings (SSSR count). The molecule has 0 unspecified atom stereocenters. The molecule has 0 bridgehead atoms. The Hall–Kier alpha value is -1.57. The predicted octanol–water partition coefficient (Wildman–Crippen LogP) is 2.65. The Labute approximate surface area is 70.8 Å².